The molecule has 2 aliphatic rings. The van der Waals surface area contributed by atoms with Crippen LogP contribution in [0.2, 0.25) is 0 Å². The van der Waals surface area contributed by atoms with E-state index < -0.39 is 0 Å². The Morgan fingerprint density at radius 3 is 2.76 bits per heavy atom. The topological polar surface area (TPSA) is 50.8 Å². The Balaban J connectivity index is 1.51. The van der Waals surface area contributed by atoms with E-state index in [0.717, 1.165) is 69.7 Å². The third kappa shape index (κ3) is 4.73. The number of nitrogens with zero attached hydrogens (tertiary/aromatic N) is 1. The maximum atomic E-state index is 12.6. The fraction of sp³-hybridized carbons (Fsp3) is 0.650. The predicted molar refractivity (Wildman–Crippen MR) is 97.3 cm³/mol. The third-order valence-corrected chi connectivity index (χ3v) is 5.43. The van der Waals surface area contributed by atoms with E-state index in [1.165, 1.54) is 0 Å². The Kier molecular flexibility index (Phi) is 6.32. The SMILES string of the molecule is CCCOCc1ccccc1CNC(=O)N1CCC2(CCOCC2)C1. The largest absolute Gasteiger partial charge is 0.381 e. The van der Waals surface area contributed by atoms with E-state index >= 15 is 0 Å². The molecule has 0 saturated carbocycles. The standard InChI is InChI=1S/C20H30N2O3/c1-2-11-25-15-18-6-4-3-5-17(18)14-21-19(23)22-10-7-20(16-22)8-12-24-13-9-20/h3-6H,2,7-16H2,1H3,(H,21,23). The number of hydrogen-bond donors (Lipinski definition) is 1. The van der Waals surface area contributed by atoms with Crippen molar-refractivity contribution in [1.29, 1.82) is 0 Å². The normalized spacial score (nSPS) is 19.3. The number of likely N-dealkylation sites (tertiary alicyclic amines) is 1. The second-order valence-corrected chi connectivity index (χ2v) is 7.26. The molecule has 0 aromatic heterocycles. The molecule has 0 atom stereocenters. The smallest absolute Gasteiger partial charge is 0.317 e. The van der Waals surface area contributed by atoms with E-state index in [4.69, 9.17) is 9.47 Å². The fourth-order valence-electron chi connectivity index (χ4n) is 3.80. The van der Waals surface area contributed by atoms with Crippen LogP contribution in [0.25, 0.3) is 0 Å². The lowest BCUT2D eigenvalue weighted by atomic mass is 9.80. The van der Waals surface area contributed by atoms with Gasteiger partial charge in [0.05, 0.1) is 6.61 Å². The summed E-state index contributed by atoms with van der Waals surface area (Å²) in [7, 11) is 0. The Labute approximate surface area is 150 Å². The van der Waals surface area contributed by atoms with Crippen molar-refractivity contribution in [2.24, 2.45) is 5.41 Å². The monoisotopic (exact) mass is 346 g/mol. The maximum Gasteiger partial charge on any atom is 0.317 e. The first-order chi connectivity index (χ1) is 12.2. The summed E-state index contributed by atoms with van der Waals surface area (Å²) < 4.78 is 11.1. The summed E-state index contributed by atoms with van der Waals surface area (Å²) in [6.45, 7) is 7.41. The fourth-order valence-corrected chi connectivity index (χ4v) is 3.80. The number of carbonyl (C=O) groups is 1. The summed E-state index contributed by atoms with van der Waals surface area (Å²) in [6, 6.07) is 8.22. The molecular formula is C20H30N2O3. The van der Waals surface area contributed by atoms with Crippen molar-refractivity contribution < 1.29 is 14.3 Å². The average Bonchev–Trinajstić information content (AvgIpc) is 3.05. The van der Waals surface area contributed by atoms with Crippen LogP contribution >= 0.6 is 0 Å². The number of ether oxygens (including phenoxy) is 2. The summed E-state index contributed by atoms with van der Waals surface area (Å²) in [4.78, 5) is 14.5. The zero-order chi connectivity index (χ0) is 17.5. The van der Waals surface area contributed by atoms with Gasteiger partial charge in [0.1, 0.15) is 0 Å². The molecule has 0 bridgehead atoms. The van der Waals surface area contributed by atoms with Crippen molar-refractivity contribution in [3.8, 4) is 0 Å². The van der Waals surface area contributed by atoms with Gasteiger partial charge in [0.15, 0.2) is 0 Å². The summed E-state index contributed by atoms with van der Waals surface area (Å²) in [5, 5.41) is 3.09. The first-order valence-electron chi connectivity index (χ1n) is 9.47. The first kappa shape index (κ1) is 18.2. The first-order valence-corrected chi connectivity index (χ1v) is 9.47. The number of urea groups is 1. The summed E-state index contributed by atoms with van der Waals surface area (Å²) in [5.41, 5.74) is 2.58. The second-order valence-electron chi connectivity index (χ2n) is 7.26. The highest BCUT2D eigenvalue weighted by Gasteiger charge is 2.40. The van der Waals surface area contributed by atoms with Gasteiger partial charge in [0.25, 0.3) is 0 Å². The van der Waals surface area contributed by atoms with Crippen LogP contribution < -0.4 is 5.32 Å². The molecule has 2 amide bonds. The Morgan fingerprint density at radius 1 is 1.24 bits per heavy atom. The molecule has 2 fully saturated rings. The van der Waals surface area contributed by atoms with Gasteiger partial charge in [-0.05, 0) is 42.2 Å². The highest BCUT2D eigenvalue weighted by Crippen LogP contribution is 2.39. The Morgan fingerprint density at radius 2 is 2.00 bits per heavy atom. The van der Waals surface area contributed by atoms with Gasteiger partial charge < -0.3 is 19.7 Å². The van der Waals surface area contributed by atoms with E-state index in [1.807, 2.05) is 17.0 Å². The summed E-state index contributed by atoms with van der Waals surface area (Å²) >= 11 is 0. The lowest BCUT2D eigenvalue weighted by Gasteiger charge is -2.33. The zero-order valence-electron chi connectivity index (χ0n) is 15.3. The molecule has 2 aliphatic heterocycles. The molecular weight excluding hydrogens is 316 g/mol. The van der Waals surface area contributed by atoms with Gasteiger partial charge in [-0.1, -0.05) is 31.2 Å². The predicted octanol–water partition coefficient (Wildman–Crippen LogP) is 3.33. The van der Waals surface area contributed by atoms with Crippen molar-refractivity contribution in [3.63, 3.8) is 0 Å². The molecule has 138 valence electrons. The Bertz CT molecular complexity index is 570. The molecule has 0 aliphatic carbocycles. The third-order valence-electron chi connectivity index (χ3n) is 5.43. The molecule has 0 unspecified atom stereocenters. The van der Waals surface area contributed by atoms with Crippen molar-refractivity contribution in [2.45, 2.75) is 45.8 Å². The van der Waals surface area contributed by atoms with E-state index in [-0.39, 0.29) is 6.03 Å². The van der Waals surface area contributed by atoms with Gasteiger partial charge in [-0.25, -0.2) is 4.79 Å². The van der Waals surface area contributed by atoms with Crippen molar-refractivity contribution >= 4 is 6.03 Å². The van der Waals surface area contributed by atoms with Crippen LogP contribution in [0.5, 0.6) is 0 Å². The van der Waals surface area contributed by atoms with E-state index in [9.17, 15) is 4.79 Å². The molecule has 1 aromatic rings. The lowest BCUT2D eigenvalue weighted by molar-refractivity contribution is 0.0208. The van der Waals surface area contributed by atoms with Crippen molar-refractivity contribution in [3.05, 3.63) is 35.4 Å². The molecule has 5 nitrogen and oxygen atoms in total. The molecule has 1 N–H and O–H groups in total. The van der Waals surface area contributed by atoms with Gasteiger partial charge >= 0.3 is 6.03 Å². The van der Waals surface area contributed by atoms with Crippen LogP contribution in [0, 0.1) is 5.41 Å². The van der Waals surface area contributed by atoms with Gasteiger partial charge in [-0.2, -0.15) is 0 Å². The zero-order valence-corrected chi connectivity index (χ0v) is 15.3. The highest BCUT2D eigenvalue weighted by atomic mass is 16.5. The maximum absolute atomic E-state index is 12.6. The molecule has 1 aromatic carbocycles. The van der Waals surface area contributed by atoms with Gasteiger partial charge in [0.2, 0.25) is 0 Å². The minimum atomic E-state index is 0.0487. The van der Waals surface area contributed by atoms with Gasteiger partial charge in [-0.3, -0.25) is 0 Å². The molecule has 5 heteroatoms. The minimum absolute atomic E-state index is 0.0487. The number of carbonyl (C=O) groups excluding carboxylic acids is 1. The van der Waals surface area contributed by atoms with E-state index in [1.54, 1.807) is 0 Å². The van der Waals surface area contributed by atoms with Crippen LogP contribution in [0.15, 0.2) is 24.3 Å². The number of nitrogens with one attached hydrogen (secondary N) is 1. The quantitative estimate of drug-likeness (QED) is 0.804. The summed E-state index contributed by atoms with van der Waals surface area (Å²) in [5.74, 6) is 0. The van der Waals surface area contributed by atoms with Gasteiger partial charge in [-0.15, -0.1) is 0 Å². The molecule has 3 rings (SSSR count). The van der Waals surface area contributed by atoms with Crippen LogP contribution in [-0.2, 0) is 22.6 Å². The number of hydrogen-bond acceptors (Lipinski definition) is 3. The van der Waals surface area contributed by atoms with Crippen LogP contribution in [0.4, 0.5) is 4.79 Å². The molecule has 2 heterocycles. The minimum Gasteiger partial charge on any atom is -0.381 e. The molecule has 2 saturated heterocycles. The number of rotatable bonds is 6. The number of benzene rings is 1. The van der Waals surface area contributed by atoms with E-state index in [2.05, 4.69) is 24.4 Å². The van der Waals surface area contributed by atoms with Crippen LogP contribution in [0.3, 0.4) is 0 Å². The van der Waals surface area contributed by atoms with E-state index in [0.29, 0.717) is 18.6 Å². The number of amides is 2. The van der Waals surface area contributed by atoms with Crippen LogP contribution in [-0.4, -0.2) is 43.8 Å². The molecule has 0 radical (unpaired) electrons. The van der Waals surface area contributed by atoms with Crippen molar-refractivity contribution in [1.82, 2.24) is 10.2 Å². The van der Waals surface area contributed by atoms with Gasteiger partial charge in [0, 0.05) is 39.5 Å². The second kappa shape index (κ2) is 8.68. The lowest BCUT2D eigenvalue weighted by Crippen LogP contribution is -2.40. The van der Waals surface area contributed by atoms with Crippen LogP contribution in [0.1, 0.15) is 43.7 Å². The molecule has 25 heavy (non-hydrogen) atoms. The Hall–Kier alpha value is -1.59. The highest BCUT2D eigenvalue weighted by molar-refractivity contribution is 5.74. The molecule has 1 spiro atoms. The van der Waals surface area contributed by atoms with Crippen molar-refractivity contribution in [2.75, 3.05) is 32.9 Å². The average molecular weight is 346 g/mol. The summed E-state index contributed by atoms with van der Waals surface area (Å²) in [6.07, 6.45) is 4.27.